The third-order valence-corrected chi connectivity index (χ3v) is 10.1. The number of amides is 4. The molecule has 1 heterocycles. The van der Waals surface area contributed by atoms with E-state index in [0.29, 0.717) is 12.8 Å². The maximum Gasteiger partial charge on any atom is 0.407 e. The van der Waals surface area contributed by atoms with Crippen molar-refractivity contribution in [1.29, 1.82) is 0 Å². The number of aromatic nitrogens is 1. The zero-order valence-electron chi connectivity index (χ0n) is 31.7. The first-order chi connectivity index (χ1) is 25.2. The minimum atomic E-state index is -1.16. The van der Waals surface area contributed by atoms with Gasteiger partial charge in [-0.05, 0) is 47.4 Å². The number of aliphatic hydroxyl groups excluding tert-OH is 1. The fourth-order valence-corrected chi connectivity index (χ4v) is 6.76. The minimum Gasteiger partial charge on any atom is -0.453 e. The Bertz CT molecular complexity index is 1650. The van der Waals surface area contributed by atoms with E-state index < -0.39 is 47.6 Å². The standard InChI is InChI=1S/C40H54N6O7/c1-25(2)21-32(42-38(50)52-6)37(49)45-46(23-27-16-18-29(19-17-27)31-15-11-12-20-41-31)24-33(47)35(26(3)28-13-9-8-10-14-28)44-36(48)30-22-34(40(30,4)5)43-39(51)53-7/h8-20,25-26,30,32-35,47H,21-24H2,1-7H3,(H,42,50)(H,43,51)(H,44,48)(H,45,49). The normalized spacial score (nSPS) is 18.5. The van der Waals surface area contributed by atoms with Crippen LogP contribution >= 0.6 is 0 Å². The molecule has 1 aliphatic carbocycles. The van der Waals surface area contributed by atoms with Crippen LogP contribution in [-0.2, 0) is 25.6 Å². The highest BCUT2D eigenvalue weighted by Crippen LogP contribution is 2.46. The number of alkyl carbamates (subject to hydrolysis) is 2. The van der Waals surface area contributed by atoms with E-state index in [4.69, 9.17) is 9.47 Å². The van der Waals surface area contributed by atoms with Crippen molar-refractivity contribution in [3.05, 3.63) is 90.1 Å². The Morgan fingerprint density at radius 1 is 0.906 bits per heavy atom. The van der Waals surface area contributed by atoms with Gasteiger partial charge in [-0.2, -0.15) is 0 Å². The zero-order chi connectivity index (χ0) is 38.7. The van der Waals surface area contributed by atoms with E-state index in [1.54, 1.807) is 11.2 Å². The number of hydrazine groups is 1. The Hall–Kier alpha value is -5.01. The van der Waals surface area contributed by atoms with Gasteiger partial charge in [0.2, 0.25) is 5.91 Å². The van der Waals surface area contributed by atoms with Gasteiger partial charge in [-0.3, -0.25) is 20.0 Å². The van der Waals surface area contributed by atoms with E-state index in [1.807, 2.05) is 107 Å². The molecule has 53 heavy (non-hydrogen) atoms. The van der Waals surface area contributed by atoms with Gasteiger partial charge in [0.15, 0.2) is 0 Å². The smallest absolute Gasteiger partial charge is 0.407 e. The van der Waals surface area contributed by atoms with Crippen molar-refractivity contribution in [2.75, 3.05) is 20.8 Å². The second-order valence-corrected chi connectivity index (χ2v) is 14.7. The molecule has 4 amide bonds. The third kappa shape index (κ3) is 11.0. The summed E-state index contributed by atoms with van der Waals surface area (Å²) < 4.78 is 9.55. The van der Waals surface area contributed by atoms with Crippen molar-refractivity contribution >= 4 is 24.0 Å². The summed E-state index contributed by atoms with van der Waals surface area (Å²) >= 11 is 0. The number of pyridine rings is 1. The van der Waals surface area contributed by atoms with Gasteiger partial charge >= 0.3 is 12.2 Å². The van der Waals surface area contributed by atoms with Crippen molar-refractivity contribution in [2.45, 2.75) is 84.2 Å². The Balaban J connectivity index is 1.61. The first-order valence-electron chi connectivity index (χ1n) is 18.0. The monoisotopic (exact) mass is 730 g/mol. The lowest BCUT2D eigenvalue weighted by molar-refractivity contribution is -0.139. The Morgan fingerprint density at radius 2 is 1.57 bits per heavy atom. The van der Waals surface area contributed by atoms with Crippen LogP contribution in [0.5, 0.6) is 0 Å². The molecular weight excluding hydrogens is 676 g/mol. The molecule has 1 fully saturated rings. The highest BCUT2D eigenvalue weighted by atomic mass is 16.5. The molecule has 6 atom stereocenters. The average Bonchev–Trinajstić information content (AvgIpc) is 3.15. The number of carbonyl (C=O) groups is 4. The molecule has 5 N–H and O–H groups in total. The summed E-state index contributed by atoms with van der Waals surface area (Å²) in [7, 11) is 2.53. The molecule has 286 valence electrons. The fourth-order valence-electron chi connectivity index (χ4n) is 6.76. The van der Waals surface area contributed by atoms with Crippen LogP contribution in [0.4, 0.5) is 9.59 Å². The molecule has 3 aromatic rings. The lowest BCUT2D eigenvalue weighted by Gasteiger charge is -2.51. The van der Waals surface area contributed by atoms with Crippen LogP contribution in [0.1, 0.15) is 64.5 Å². The van der Waals surface area contributed by atoms with E-state index >= 15 is 0 Å². The van der Waals surface area contributed by atoms with Gasteiger partial charge in [-0.15, -0.1) is 0 Å². The minimum absolute atomic E-state index is 0.0664. The van der Waals surface area contributed by atoms with Crippen LogP contribution in [-0.4, -0.2) is 84.1 Å². The topological polar surface area (TPSA) is 171 Å². The van der Waals surface area contributed by atoms with E-state index in [-0.39, 0.29) is 36.9 Å². The number of aliphatic hydroxyl groups is 1. The predicted octanol–water partition coefficient (Wildman–Crippen LogP) is 4.77. The Morgan fingerprint density at radius 3 is 2.15 bits per heavy atom. The van der Waals surface area contributed by atoms with Crippen molar-refractivity contribution < 1.29 is 33.8 Å². The highest BCUT2D eigenvalue weighted by Gasteiger charge is 2.53. The summed E-state index contributed by atoms with van der Waals surface area (Å²) in [5.74, 6) is -1.40. The summed E-state index contributed by atoms with van der Waals surface area (Å²) in [6.07, 6.45) is 0.0447. The molecule has 1 aliphatic rings. The van der Waals surface area contributed by atoms with Crippen molar-refractivity contribution in [1.82, 2.24) is 31.4 Å². The van der Waals surface area contributed by atoms with E-state index in [1.165, 1.54) is 14.2 Å². The summed E-state index contributed by atoms with van der Waals surface area (Å²) in [6.45, 7) is 9.80. The van der Waals surface area contributed by atoms with Gasteiger partial charge in [0.25, 0.3) is 5.91 Å². The quantitative estimate of drug-likeness (QED) is 0.130. The summed E-state index contributed by atoms with van der Waals surface area (Å²) in [4.78, 5) is 56.2. The number of methoxy groups -OCH3 is 2. The number of nitrogens with zero attached hydrogens (tertiary/aromatic N) is 2. The van der Waals surface area contributed by atoms with Crippen molar-refractivity contribution in [3.63, 3.8) is 0 Å². The SMILES string of the molecule is COC(=O)NC(CC(C)C)C(=O)NN(Cc1ccc(-c2ccccn2)cc1)CC(O)C(NC(=O)C1CC(NC(=O)OC)C1(C)C)C(C)c1ccccc1. The van der Waals surface area contributed by atoms with Gasteiger partial charge < -0.3 is 30.5 Å². The number of rotatable bonds is 16. The van der Waals surface area contributed by atoms with Crippen LogP contribution in [0.2, 0.25) is 0 Å². The number of hydrogen-bond acceptors (Lipinski definition) is 9. The molecule has 1 aromatic heterocycles. The van der Waals surface area contributed by atoms with E-state index in [2.05, 4.69) is 26.4 Å². The van der Waals surface area contributed by atoms with E-state index in [9.17, 15) is 24.3 Å². The van der Waals surface area contributed by atoms with E-state index in [0.717, 1.165) is 22.4 Å². The number of carbonyl (C=O) groups excluding carboxylic acids is 4. The van der Waals surface area contributed by atoms with Gasteiger partial charge in [-0.1, -0.05) is 95.3 Å². The summed E-state index contributed by atoms with van der Waals surface area (Å²) in [5, 5.41) is 22.2. The fraction of sp³-hybridized carbons (Fsp3) is 0.475. The van der Waals surface area contributed by atoms with Gasteiger partial charge in [0.05, 0.1) is 32.1 Å². The maximum atomic E-state index is 13.9. The predicted molar refractivity (Wildman–Crippen MR) is 201 cm³/mol. The third-order valence-electron chi connectivity index (χ3n) is 10.1. The second-order valence-electron chi connectivity index (χ2n) is 14.7. The van der Waals surface area contributed by atoms with Crippen LogP contribution in [0.15, 0.2) is 79.0 Å². The van der Waals surface area contributed by atoms with Gasteiger partial charge in [0.1, 0.15) is 6.04 Å². The molecule has 0 saturated heterocycles. The number of ether oxygens (including phenoxy) is 2. The van der Waals surface area contributed by atoms with Crippen LogP contribution < -0.4 is 21.4 Å². The number of hydrogen-bond donors (Lipinski definition) is 5. The summed E-state index contributed by atoms with van der Waals surface area (Å²) in [5.41, 5.74) is 5.87. The number of benzene rings is 2. The van der Waals surface area contributed by atoms with Gasteiger partial charge in [-0.25, -0.2) is 14.6 Å². The Labute approximate surface area is 312 Å². The van der Waals surface area contributed by atoms with Crippen LogP contribution in [0, 0.1) is 17.3 Å². The molecule has 1 saturated carbocycles. The molecule has 0 spiro atoms. The van der Waals surface area contributed by atoms with Crippen LogP contribution in [0.3, 0.4) is 0 Å². The highest BCUT2D eigenvalue weighted by molar-refractivity contribution is 5.85. The van der Waals surface area contributed by atoms with Crippen LogP contribution in [0.25, 0.3) is 11.3 Å². The van der Waals surface area contributed by atoms with Crippen molar-refractivity contribution in [2.24, 2.45) is 17.3 Å². The second kappa shape index (κ2) is 18.7. The molecule has 0 aliphatic heterocycles. The number of nitrogens with one attached hydrogen (secondary N) is 4. The van der Waals surface area contributed by atoms with Crippen molar-refractivity contribution in [3.8, 4) is 11.3 Å². The lowest BCUT2D eigenvalue weighted by Crippen LogP contribution is -2.64. The molecule has 2 aromatic carbocycles. The first-order valence-corrected chi connectivity index (χ1v) is 18.0. The molecule has 6 unspecified atom stereocenters. The lowest BCUT2D eigenvalue weighted by atomic mass is 9.58. The maximum absolute atomic E-state index is 13.9. The molecular formula is C40H54N6O7. The summed E-state index contributed by atoms with van der Waals surface area (Å²) in [6, 6.07) is 21.1. The van der Waals surface area contributed by atoms with Gasteiger partial charge in [0, 0.05) is 42.7 Å². The molecule has 4 rings (SSSR count). The molecule has 0 bridgehead atoms. The first kappa shape index (κ1) is 40.8. The largest absolute Gasteiger partial charge is 0.453 e. The zero-order valence-corrected chi connectivity index (χ0v) is 31.7. The average molecular weight is 731 g/mol. The molecule has 13 nitrogen and oxygen atoms in total. The molecule has 0 radical (unpaired) electrons. The molecule has 13 heteroatoms. The Kier molecular flexibility index (Phi) is 14.3.